The van der Waals surface area contributed by atoms with Gasteiger partial charge in [0.15, 0.2) is 0 Å². The summed E-state index contributed by atoms with van der Waals surface area (Å²) >= 11 is 0. The molecule has 7 rings (SSSR count). The molecule has 0 aliphatic heterocycles. The van der Waals surface area contributed by atoms with Crippen molar-refractivity contribution in [2.45, 2.75) is 88.5 Å². The zero-order valence-corrected chi connectivity index (χ0v) is 27.4. The Hall–Kier alpha value is -3.84. The van der Waals surface area contributed by atoms with Crippen molar-refractivity contribution in [3.05, 3.63) is 120 Å². The Bertz CT molecular complexity index is 1990. The second kappa shape index (κ2) is 8.60. The second-order valence-electron chi connectivity index (χ2n) is 13.3. The summed E-state index contributed by atoms with van der Waals surface area (Å²) < 4.78 is 5.91. The highest BCUT2D eigenvalue weighted by molar-refractivity contribution is 6.01. The van der Waals surface area contributed by atoms with Gasteiger partial charge in [-0.05, 0) is 213 Å². The first-order valence-electron chi connectivity index (χ1n) is 15.4. The monoisotopic (exact) mass is 550 g/mol. The Morgan fingerprint density at radius 2 is 0.905 bits per heavy atom. The molecular weight excluding hydrogens is 508 g/mol. The standard InChI is InChI=1S/C41H42O/c1-19-20(2)26(8)36-35(25(19)7)37-27(9)21(3)23(5)29(11)39(37)41(40-30(12)24(6)22(4)28(10)38(36)40)15-13-31-18-34-32(14-16-42-34)17-33(31)41/h13-18H,1-12H3. The van der Waals surface area contributed by atoms with Crippen LogP contribution >= 0.6 is 0 Å². The van der Waals surface area contributed by atoms with Crippen LogP contribution in [0.15, 0.2) is 35.0 Å². The lowest BCUT2D eigenvalue weighted by atomic mass is 9.64. The van der Waals surface area contributed by atoms with E-state index in [4.69, 9.17) is 4.42 Å². The van der Waals surface area contributed by atoms with Gasteiger partial charge in [-0.15, -0.1) is 0 Å². The van der Waals surface area contributed by atoms with Gasteiger partial charge in [0.2, 0.25) is 0 Å². The molecule has 1 aromatic heterocycles. The third-order valence-corrected chi connectivity index (χ3v) is 11.9. The Morgan fingerprint density at radius 3 is 1.38 bits per heavy atom. The van der Waals surface area contributed by atoms with Gasteiger partial charge in [0.05, 0.1) is 11.7 Å². The fourth-order valence-electron chi connectivity index (χ4n) is 8.54. The van der Waals surface area contributed by atoms with E-state index in [0.717, 1.165) is 11.0 Å². The van der Waals surface area contributed by atoms with E-state index in [0.29, 0.717) is 0 Å². The minimum absolute atomic E-state index is 0.425. The fraction of sp³-hybridized carbons (Fsp3) is 0.317. The number of allylic oxidation sites excluding steroid dienone is 1. The number of hydrogen-bond acceptors (Lipinski definition) is 1. The molecule has 1 nitrogen and oxygen atoms in total. The Labute approximate surface area is 251 Å². The van der Waals surface area contributed by atoms with Crippen LogP contribution in [0.5, 0.6) is 0 Å². The minimum Gasteiger partial charge on any atom is -0.464 e. The Kier molecular flexibility index (Phi) is 5.53. The van der Waals surface area contributed by atoms with Crippen LogP contribution in [0.4, 0.5) is 0 Å². The van der Waals surface area contributed by atoms with E-state index in [2.05, 4.69) is 113 Å². The van der Waals surface area contributed by atoms with Gasteiger partial charge in [-0.1, -0.05) is 12.2 Å². The predicted octanol–water partition coefficient (Wildman–Crippen LogP) is 11.1. The molecule has 0 unspecified atom stereocenters. The molecular formula is C41H42O. The molecule has 0 saturated carbocycles. The number of fused-ring (bicyclic) bond motifs is 10. The van der Waals surface area contributed by atoms with Crippen LogP contribution in [0.1, 0.15) is 89.0 Å². The van der Waals surface area contributed by atoms with Crippen LogP contribution in [0.3, 0.4) is 0 Å². The average molecular weight is 551 g/mol. The Balaban J connectivity index is 1.88. The number of benzene rings is 4. The SMILES string of the molecule is Cc1c(C)c(C)c2c(c1C)-c1c(C)c(C)c(C)c(C)c1C1(C=Cc3cc4occc4cc31)c1c(C)c(C)c(C)c(C)c1-2. The molecule has 42 heavy (non-hydrogen) atoms. The molecule has 0 fully saturated rings. The van der Waals surface area contributed by atoms with E-state index in [-0.39, 0.29) is 0 Å². The molecule has 212 valence electrons. The minimum atomic E-state index is -0.425. The van der Waals surface area contributed by atoms with Crippen LogP contribution in [-0.4, -0.2) is 0 Å². The third-order valence-electron chi connectivity index (χ3n) is 11.9. The summed E-state index contributed by atoms with van der Waals surface area (Å²) in [6.45, 7) is 28.2. The highest BCUT2D eigenvalue weighted by Crippen LogP contribution is 2.61. The quantitative estimate of drug-likeness (QED) is 0.187. The van der Waals surface area contributed by atoms with E-state index in [1.54, 1.807) is 0 Å². The average Bonchev–Trinajstić information content (AvgIpc) is 3.56. The van der Waals surface area contributed by atoms with Crippen molar-refractivity contribution in [2.75, 3.05) is 0 Å². The molecule has 2 aliphatic carbocycles. The lowest BCUT2D eigenvalue weighted by molar-refractivity contribution is 0.615. The van der Waals surface area contributed by atoms with Crippen LogP contribution in [0.25, 0.3) is 39.3 Å². The van der Waals surface area contributed by atoms with E-state index in [9.17, 15) is 0 Å². The van der Waals surface area contributed by atoms with E-state index < -0.39 is 5.41 Å². The fourth-order valence-corrected chi connectivity index (χ4v) is 8.54. The summed E-state index contributed by atoms with van der Waals surface area (Å²) in [7, 11) is 0. The van der Waals surface area contributed by atoms with Crippen LogP contribution in [-0.2, 0) is 5.41 Å². The predicted molar refractivity (Wildman–Crippen MR) is 179 cm³/mol. The van der Waals surface area contributed by atoms with Crippen molar-refractivity contribution in [2.24, 2.45) is 0 Å². The molecule has 0 bridgehead atoms. The van der Waals surface area contributed by atoms with Gasteiger partial charge in [-0.2, -0.15) is 0 Å². The maximum atomic E-state index is 5.91. The molecule has 1 spiro atoms. The first-order chi connectivity index (χ1) is 19.8. The summed E-state index contributed by atoms with van der Waals surface area (Å²) in [4.78, 5) is 0. The van der Waals surface area contributed by atoms with Crippen molar-refractivity contribution in [1.82, 2.24) is 0 Å². The van der Waals surface area contributed by atoms with E-state index in [1.807, 2.05) is 6.26 Å². The molecule has 0 N–H and O–H groups in total. The van der Waals surface area contributed by atoms with Crippen molar-refractivity contribution in [1.29, 1.82) is 0 Å². The van der Waals surface area contributed by atoms with Gasteiger partial charge in [-0.3, -0.25) is 0 Å². The maximum Gasteiger partial charge on any atom is 0.134 e. The van der Waals surface area contributed by atoms with E-state index >= 15 is 0 Å². The third kappa shape index (κ3) is 3.00. The summed E-state index contributed by atoms with van der Waals surface area (Å²) in [5, 5.41) is 1.16. The molecule has 0 radical (unpaired) electrons. The van der Waals surface area contributed by atoms with Gasteiger partial charge in [0.25, 0.3) is 0 Å². The summed E-state index contributed by atoms with van der Waals surface area (Å²) in [5.74, 6) is 0. The van der Waals surface area contributed by atoms with Crippen molar-refractivity contribution in [3.8, 4) is 22.3 Å². The number of rotatable bonds is 0. The summed E-state index contributed by atoms with van der Waals surface area (Å²) in [6, 6.07) is 6.79. The van der Waals surface area contributed by atoms with E-state index in [1.165, 1.54) is 111 Å². The molecule has 0 saturated heterocycles. The Morgan fingerprint density at radius 1 is 0.476 bits per heavy atom. The highest BCUT2D eigenvalue weighted by atomic mass is 16.3. The van der Waals surface area contributed by atoms with Crippen LogP contribution < -0.4 is 0 Å². The second-order valence-corrected chi connectivity index (χ2v) is 13.3. The van der Waals surface area contributed by atoms with Gasteiger partial charge in [-0.25, -0.2) is 0 Å². The van der Waals surface area contributed by atoms with Gasteiger partial charge < -0.3 is 4.42 Å². The lowest BCUT2D eigenvalue weighted by Gasteiger charge is -2.38. The van der Waals surface area contributed by atoms with Crippen LogP contribution in [0.2, 0.25) is 0 Å². The van der Waals surface area contributed by atoms with Gasteiger partial charge >= 0.3 is 0 Å². The lowest BCUT2D eigenvalue weighted by Crippen LogP contribution is -2.30. The summed E-state index contributed by atoms with van der Waals surface area (Å²) in [5.41, 5.74) is 28.7. The number of hydrogen-bond donors (Lipinski definition) is 0. The largest absolute Gasteiger partial charge is 0.464 e. The first-order valence-corrected chi connectivity index (χ1v) is 15.4. The summed E-state index contributed by atoms with van der Waals surface area (Å²) in [6.07, 6.45) is 6.73. The van der Waals surface area contributed by atoms with Gasteiger partial charge in [0, 0.05) is 5.39 Å². The molecule has 5 aromatic rings. The van der Waals surface area contributed by atoms with Crippen molar-refractivity contribution >= 4 is 17.0 Å². The molecule has 1 heteroatoms. The highest BCUT2D eigenvalue weighted by Gasteiger charge is 2.48. The van der Waals surface area contributed by atoms with Crippen molar-refractivity contribution < 1.29 is 4.42 Å². The smallest absolute Gasteiger partial charge is 0.134 e. The number of furan rings is 1. The molecule has 0 atom stereocenters. The topological polar surface area (TPSA) is 13.1 Å². The van der Waals surface area contributed by atoms with Crippen LogP contribution in [0, 0.1) is 83.1 Å². The van der Waals surface area contributed by atoms with Gasteiger partial charge in [0.1, 0.15) is 5.58 Å². The zero-order valence-electron chi connectivity index (χ0n) is 27.4. The first kappa shape index (κ1) is 27.0. The molecule has 1 heterocycles. The molecule has 2 aliphatic rings. The normalized spacial score (nSPS) is 14.3. The zero-order chi connectivity index (χ0) is 30.2. The van der Waals surface area contributed by atoms with Crippen molar-refractivity contribution in [3.63, 3.8) is 0 Å². The maximum absolute atomic E-state index is 5.91. The molecule has 4 aromatic carbocycles. The molecule has 0 amide bonds.